The van der Waals surface area contributed by atoms with Crippen LogP contribution < -0.4 is 10.6 Å². The Hall–Kier alpha value is -2.70. The second-order valence-corrected chi connectivity index (χ2v) is 7.12. The molecule has 1 aliphatic carbocycles. The maximum Gasteiger partial charge on any atom is 0.240 e. The van der Waals surface area contributed by atoms with E-state index in [1.54, 1.807) is 6.92 Å². The first-order valence-electron chi connectivity index (χ1n) is 9.50. The Morgan fingerprint density at radius 2 is 1.78 bits per heavy atom. The van der Waals surface area contributed by atoms with E-state index in [4.69, 9.17) is 4.52 Å². The monoisotopic (exact) mass is 370 g/mol. The van der Waals surface area contributed by atoms with Crippen molar-refractivity contribution < 1.29 is 14.1 Å². The standard InChI is InChI=1S/C20H26N4O3/c1-15-22-19(24-27-15)20(11-7-2-3-8-12-20)23-18(26)14-21-17(25)13-16-9-5-4-6-10-16/h4-6,9-10H,2-3,7-8,11-14H2,1H3,(H,21,25)(H,23,26). The van der Waals surface area contributed by atoms with Gasteiger partial charge in [-0.15, -0.1) is 0 Å². The van der Waals surface area contributed by atoms with Gasteiger partial charge in [0.15, 0.2) is 5.82 Å². The average molecular weight is 370 g/mol. The van der Waals surface area contributed by atoms with E-state index in [0.717, 1.165) is 44.1 Å². The van der Waals surface area contributed by atoms with Crippen LogP contribution in [0, 0.1) is 6.92 Å². The van der Waals surface area contributed by atoms with Crippen molar-refractivity contribution in [2.45, 2.75) is 57.4 Å². The summed E-state index contributed by atoms with van der Waals surface area (Å²) in [7, 11) is 0. The molecular formula is C20H26N4O3. The second kappa shape index (κ2) is 8.79. The molecule has 1 aliphatic rings. The molecule has 0 atom stereocenters. The van der Waals surface area contributed by atoms with Crippen LogP contribution in [-0.4, -0.2) is 28.5 Å². The normalized spacial score (nSPS) is 16.3. The van der Waals surface area contributed by atoms with Crippen molar-refractivity contribution in [3.8, 4) is 0 Å². The van der Waals surface area contributed by atoms with Crippen LogP contribution in [0.4, 0.5) is 0 Å². The van der Waals surface area contributed by atoms with Crippen LogP contribution in [0.15, 0.2) is 34.9 Å². The van der Waals surface area contributed by atoms with Crippen molar-refractivity contribution in [2.24, 2.45) is 0 Å². The summed E-state index contributed by atoms with van der Waals surface area (Å²) >= 11 is 0. The molecule has 1 saturated carbocycles. The summed E-state index contributed by atoms with van der Waals surface area (Å²) in [5.41, 5.74) is 0.299. The third-order valence-electron chi connectivity index (χ3n) is 4.95. The Morgan fingerprint density at radius 1 is 1.07 bits per heavy atom. The van der Waals surface area contributed by atoms with Gasteiger partial charge in [0.2, 0.25) is 17.7 Å². The lowest BCUT2D eigenvalue weighted by Crippen LogP contribution is -2.50. The zero-order valence-electron chi connectivity index (χ0n) is 15.7. The molecule has 2 amide bonds. The van der Waals surface area contributed by atoms with Gasteiger partial charge in [-0.05, 0) is 18.4 Å². The summed E-state index contributed by atoms with van der Waals surface area (Å²) in [5.74, 6) is 0.604. The van der Waals surface area contributed by atoms with E-state index in [1.165, 1.54) is 0 Å². The highest BCUT2D eigenvalue weighted by atomic mass is 16.5. The highest BCUT2D eigenvalue weighted by molar-refractivity contribution is 5.86. The van der Waals surface area contributed by atoms with Crippen LogP contribution in [0.3, 0.4) is 0 Å². The molecule has 7 nitrogen and oxygen atoms in total. The number of aromatic nitrogens is 2. The molecule has 0 bridgehead atoms. The molecule has 0 saturated heterocycles. The largest absolute Gasteiger partial charge is 0.347 e. The number of amides is 2. The maximum atomic E-state index is 12.6. The Morgan fingerprint density at radius 3 is 2.41 bits per heavy atom. The fourth-order valence-corrected chi connectivity index (χ4v) is 3.56. The van der Waals surface area contributed by atoms with Gasteiger partial charge in [-0.25, -0.2) is 0 Å². The van der Waals surface area contributed by atoms with Crippen LogP contribution in [0.2, 0.25) is 0 Å². The summed E-state index contributed by atoms with van der Waals surface area (Å²) in [6, 6.07) is 9.45. The molecule has 0 radical (unpaired) electrons. The lowest BCUT2D eigenvalue weighted by Gasteiger charge is -2.30. The fraction of sp³-hybridized carbons (Fsp3) is 0.500. The summed E-state index contributed by atoms with van der Waals surface area (Å²) in [6.07, 6.45) is 6.04. The van der Waals surface area contributed by atoms with Crippen LogP contribution in [0.25, 0.3) is 0 Å². The van der Waals surface area contributed by atoms with Crippen LogP contribution >= 0.6 is 0 Å². The Kier molecular flexibility index (Phi) is 6.21. The van der Waals surface area contributed by atoms with E-state index < -0.39 is 5.54 Å². The van der Waals surface area contributed by atoms with Gasteiger partial charge < -0.3 is 15.2 Å². The number of nitrogens with zero attached hydrogens (tertiary/aromatic N) is 2. The number of carbonyl (C=O) groups excluding carboxylic acids is 2. The lowest BCUT2D eigenvalue weighted by atomic mass is 9.89. The fourth-order valence-electron chi connectivity index (χ4n) is 3.56. The molecule has 144 valence electrons. The number of aryl methyl sites for hydroxylation is 1. The van der Waals surface area contributed by atoms with Crippen LogP contribution in [0.1, 0.15) is 55.8 Å². The van der Waals surface area contributed by atoms with Gasteiger partial charge >= 0.3 is 0 Å². The molecule has 27 heavy (non-hydrogen) atoms. The van der Waals surface area contributed by atoms with Crippen molar-refractivity contribution in [2.75, 3.05) is 6.54 Å². The molecular weight excluding hydrogens is 344 g/mol. The van der Waals surface area contributed by atoms with Crippen molar-refractivity contribution in [3.63, 3.8) is 0 Å². The molecule has 1 heterocycles. The Balaban J connectivity index is 1.60. The number of hydrogen-bond acceptors (Lipinski definition) is 5. The molecule has 0 aliphatic heterocycles. The van der Waals surface area contributed by atoms with Gasteiger partial charge in [-0.1, -0.05) is 61.2 Å². The van der Waals surface area contributed by atoms with E-state index in [2.05, 4.69) is 20.8 Å². The van der Waals surface area contributed by atoms with E-state index in [9.17, 15) is 9.59 Å². The first-order valence-corrected chi connectivity index (χ1v) is 9.50. The van der Waals surface area contributed by atoms with Crippen molar-refractivity contribution in [1.29, 1.82) is 0 Å². The zero-order valence-corrected chi connectivity index (χ0v) is 15.7. The molecule has 1 fully saturated rings. The van der Waals surface area contributed by atoms with Crippen molar-refractivity contribution in [3.05, 3.63) is 47.6 Å². The SMILES string of the molecule is Cc1nc(C2(NC(=O)CNC(=O)Cc3ccccc3)CCCCCC2)no1. The van der Waals surface area contributed by atoms with Crippen molar-refractivity contribution >= 4 is 11.8 Å². The van der Waals surface area contributed by atoms with Gasteiger partial charge in [-0.3, -0.25) is 9.59 Å². The quantitative estimate of drug-likeness (QED) is 0.761. The average Bonchev–Trinajstić information content (AvgIpc) is 2.96. The topological polar surface area (TPSA) is 97.1 Å². The van der Waals surface area contributed by atoms with Gasteiger partial charge in [0.1, 0.15) is 5.54 Å². The summed E-state index contributed by atoms with van der Waals surface area (Å²) in [4.78, 5) is 29.0. The number of carbonyl (C=O) groups is 2. The summed E-state index contributed by atoms with van der Waals surface area (Å²) in [5, 5.41) is 9.85. The maximum absolute atomic E-state index is 12.6. The molecule has 3 rings (SSSR count). The van der Waals surface area contributed by atoms with Gasteiger partial charge in [0, 0.05) is 6.92 Å². The smallest absolute Gasteiger partial charge is 0.240 e. The van der Waals surface area contributed by atoms with Gasteiger partial charge in [-0.2, -0.15) is 4.98 Å². The van der Waals surface area contributed by atoms with E-state index in [0.29, 0.717) is 11.7 Å². The highest BCUT2D eigenvalue weighted by Gasteiger charge is 2.38. The summed E-state index contributed by atoms with van der Waals surface area (Å²) < 4.78 is 5.15. The first-order chi connectivity index (χ1) is 13.1. The predicted octanol–water partition coefficient (Wildman–Crippen LogP) is 2.40. The lowest BCUT2D eigenvalue weighted by molar-refractivity contribution is -0.127. The molecule has 1 aromatic carbocycles. The van der Waals surface area contributed by atoms with Gasteiger partial charge in [0.05, 0.1) is 13.0 Å². The second-order valence-electron chi connectivity index (χ2n) is 7.12. The number of hydrogen-bond donors (Lipinski definition) is 2. The third-order valence-corrected chi connectivity index (χ3v) is 4.95. The van der Waals surface area contributed by atoms with Crippen LogP contribution in [0.5, 0.6) is 0 Å². The molecule has 1 aromatic heterocycles. The Bertz CT molecular complexity index is 765. The van der Waals surface area contributed by atoms with E-state index in [1.807, 2.05) is 30.3 Å². The zero-order chi connectivity index (χ0) is 19.1. The molecule has 2 N–H and O–H groups in total. The molecule has 0 unspecified atom stereocenters. The minimum atomic E-state index is -0.616. The molecule has 2 aromatic rings. The van der Waals surface area contributed by atoms with Gasteiger partial charge in [0.25, 0.3) is 0 Å². The molecule has 7 heteroatoms. The minimum Gasteiger partial charge on any atom is -0.347 e. The minimum absolute atomic E-state index is 0.0652. The van der Waals surface area contributed by atoms with E-state index >= 15 is 0 Å². The Labute approximate surface area is 158 Å². The van der Waals surface area contributed by atoms with E-state index in [-0.39, 0.29) is 24.8 Å². The number of nitrogens with one attached hydrogen (secondary N) is 2. The highest BCUT2D eigenvalue weighted by Crippen LogP contribution is 2.34. The first kappa shape index (κ1) is 19.1. The molecule has 0 spiro atoms. The third kappa shape index (κ3) is 5.15. The number of rotatable bonds is 6. The summed E-state index contributed by atoms with van der Waals surface area (Å²) in [6.45, 7) is 1.68. The number of benzene rings is 1. The van der Waals surface area contributed by atoms with Crippen molar-refractivity contribution in [1.82, 2.24) is 20.8 Å². The van der Waals surface area contributed by atoms with Crippen LogP contribution in [-0.2, 0) is 21.5 Å². The predicted molar refractivity (Wildman–Crippen MR) is 99.7 cm³/mol.